The summed E-state index contributed by atoms with van der Waals surface area (Å²) in [6.07, 6.45) is 5.46. The van der Waals surface area contributed by atoms with Crippen LogP contribution in [0.15, 0.2) is 18.2 Å². The molecule has 2 rings (SSSR count). The van der Waals surface area contributed by atoms with Crippen molar-refractivity contribution in [2.75, 3.05) is 0 Å². The lowest BCUT2D eigenvalue weighted by Crippen LogP contribution is -2.31. The summed E-state index contributed by atoms with van der Waals surface area (Å²) >= 11 is 12.3. The molecule has 1 fully saturated rings. The number of hydrogen-bond acceptors (Lipinski definition) is 1. The molecule has 0 aromatic heterocycles. The van der Waals surface area contributed by atoms with E-state index < -0.39 is 0 Å². The third kappa shape index (κ3) is 3.37. The van der Waals surface area contributed by atoms with Gasteiger partial charge in [-0.3, -0.25) is 0 Å². The third-order valence-electron chi connectivity index (χ3n) is 3.77. The fourth-order valence-electron chi connectivity index (χ4n) is 2.59. The van der Waals surface area contributed by atoms with Gasteiger partial charge in [0.1, 0.15) is 0 Å². The van der Waals surface area contributed by atoms with E-state index in [1.165, 1.54) is 25.7 Å². The molecule has 3 heteroatoms. The largest absolute Gasteiger partial charge is 0.310 e. The summed E-state index contributed by atoms with van der Waals surface area (Å²) < 4.78 is 0. The topological polar surface area (TPSA) is 12.0 Å². The quantitative estimate of drug-likeness (QED) is 0.840. The predicted octanol–water partition coefficient (Wildman–Crippen LogP) is 4.66. The first kappa shape index (κ1) is 13.2. The van der Waals surface area contributed by atoms with Crippen LogP contribution in [0.3, 0.4) is 0 Å². The first-order valence-electron chi connectivity index (χ1n) is 6.34. The van der Waals surface area contributed by atoms with Crippen molar-refractivity contribution >= 4 is 23.2 Å². The smallest absolute Gasteiger partial charge is 0.0465 e. The molecular weight excluding hydrogens is 253 g/mol. The van der Waals surface area contributed by atoms with Gasteiger partial charge in [0.05, 0.1) is 0 Å². The molecule has 94 valence electrons. The summed E-state index contributed by atoms with van der Waals surface area (Å²) in [6, 6.07) is 6.22. The molecule has 1 N–H and O–H groups in total. The average Bonchev–Trinajstić information content (AvgIpc) is 2.81. The van der Waals surface area contributed by atoms with Gasteiger partial charge in [-0.15, -0.1) is 0 Å². The number of rotatable bonds is 4. The Labute approximate surface area is 114 Å². The summed E-state index contributed by atoms with van der Waals surface area (Å²) in [6.45, 7) is 3.02. The summed E-state index contributed by atoms with van der Waals surface area (Å²) in [5.41, 5.74) is 1.01. The molecule has 0 aliphatic heterocycles. The molecule has 0 heterocycles. The highest BCUT2D eigenvalue weighted by molar-refractivity contribution is 6.35. The van der Waals surface area contributed by atoms with E-state index in [-0.39, 0.29) is 0 Å². The lowest BCUT2D eigenvalue weighted by atomic mass is 9.99. The van der Waals surface area contributed by atoms with E-state index in [2.05, 4.69) is 12.2 Å². The first-order chi connectivity index (χ1) is 8.18. The van der Waals surface area contributed by atoms with E-state index in [1.54, 1.807) is 0 Å². The summed E-state index contributed by atoms with van der Waals surface area (Å²) in [5, 5.41) is 5.06. The van der Waals surface area contributed by atoms with E-state index in [0.29, 0.717) is 6.04 Å². The van der Waals surface area contributed by atoms with E-state index >= 15 is 0 Å². The van der Waals surface area contributed by atoms with Crippen LogP contribution in [-0.4, -0.2) is 6.04 Å². The molecule has 1 aliphatic carbocycles. The molecule has 0 radical (unpaired) electrons. The van der Waals surface area contributed by atoms with Gasteiger partial charge in [0, 0.05) is 28.2 Å². The molecule has 1 aromatic carbocycles. The summed E-state index contributed by atoms with van der Waals surface area (Å²) in [4.78, 5) is 0. The fraction of sp³-hybridized carbons (Fsp3) is 0.571. The molecule has 0 spiro atoms. The number of nitrogens with one attached hydrogen (secondary N) is 1. The van der Waals surface area contributed by atoms with Crippen LogP contribution in [0.5, 0.6) is 0 Å². The first-order valence-corrected chi connectivity index (χ1v) is 7.10. The fourth-order valence-corrected chi connectivity index (χ4v) is 3.12. The third-order valence-corrected chi connectivity index (χ3v) is 4.48. The van der Waals surface area contributed by atoms with Crippen molar-refractivity contribution in [3.63, 3.8) is 0 Å². The summed E-state index contributed by atoms with van der Waals surface area (Å²) in [5.74, 6) is 0.816. The monoisotopic (exact) mass is 271 g/mol. The van der Waals surface area contributed by atoms with Crippen molar-refractivity contribution < 1.29 is 0 Å². The zero-order valence-corrected chi connectivity index (χ0v) is 11.7. The van der Waals surface area contributed by atoms with Crippen LogP contribution in [0.4, 0.5) is 0 Å². The lowest BCUT2D eigenvalue weighted by Gasteiger charge is -2.21. The molecule has 0 bridgehead atoms. The molecule has 1 aliphatic rings. The average molecular weight is 272 g/mol. The zero-order chi connectivity index (χ0) is 12.3. The van der Waals surface area contributed by atoms with Crippen LogP contribution in [0, 0.1) is 5.92 Å². The van der Waals surface area contributed by atoms with Crippen molar-refractivity contribution in [2.45, 2.75) is 45.2 Å². The highest BCUT2D eigenvalue weighted by atomic mass is 35.5. The summed E-state index contributed by atoms with van der Waals surface area (Å²) in [7, 11) is 0. The second-order valence-corrected chi connectivity index (χ2v) is 5.73. The molecule has 0 saturated heterocycles. The zero-order valence-electron chi connectivity index (χ0n) is 10.2. The minimum Gasteiger partial charge on any atom is -0.310 e. The van der Waals surface area contributed by atoms with Crippen LogP contribution in [0.25, 0.3) is 0 Å². The van der Waals surface area contributed by atoms with Crippen molar-refractivity contribution in [3.05, 3.63) is 33.8 Å². The SMILES string of the molecule is CC(NCc1c(Cl)cccc1Cl)C1CCCC1. The lowest BCUT2D eigenvalue weighted by molar-refractivity contribution is 0.380. The number of hydrogen-bond donors (Lipinski definition) is 1. The Morgan fingerprint density at radius 1 is 1.24 bits per heavy atom. The minimum atomic E-state index is 0.546. The van der Waals surface area contributed by atoms with Gasteiger partial charge in [-0.1, -0.05) is 42.1 Å². The van der Waals surface area contributed by atoms with Gasteiger partial charge in [-0.05, 0) is 37.8 Å². The second kappa shape index (κ2) is 6.08. The normalized spacial score (nSPS) is 18.5. The second-order valence-electron chi connectivity index (χ2n) is 4.91. The molecule has 0 amide bonds. The van der Waals surface area contributed by atoms with Crippen molar-refractivity contribution in [1.29, 1.82) is 0 Å². The molecule has 1 atom stereocenters. The van der Waals surface area contributed by atoms with Crippen LogP contribution in [-0.2, 0) is 6.54 Å². The number of halogens is 2. The van der Waals surface area contributed by atoms with Gasteiger partial charge in [0.2, 0.25) is 0 Å². The highest BCUT2D eigenvalue weighted by Crippen LogP contribution is 2.28. The van der Waals surface area contributed by atoms with E-state index in [1.807, 2.05) is 18.2 Å². The Morgan fingerprint density at radius 2 is 1.82 bits per heavy atom. The van der Waals surface area contributed by atoms with Crippen LogP contribution < -0.4 is 5.32 Å². The van der Waals surface area contributed by atoms with Gasteiger partial charge >= 0.3 is 0 Å². The van der Waals surface area contributed by atoms with Gasteiger partial charge in [0.15, 0.2) is 0 Å². The Kier molecular flexibility index (Phi) is 4.72. The predicted molar refractivity (Wildman–Crippen MR) is 74.7 cm³/mol. The molecule has 1 unspecified atom stereocenters. The molecule has 1 aromatic rings. The Morgan fingerprint density at radius 3 is 2.41 bits per heavy atom. The molecule has 1 nitrogen and oxygen atoms in total. The molecular formula is C14H19Cl2N. The van der Waals surface area contributed by atoms with Crippen molar-refractivity contribution in [2.24, 2.45) is 5.92 Å². The molecule has 17 heavy (non-hydrogen) atoms. The van der Waals surface area contributed by atoms with E-state index in [9.17, 15) is 0 Å². The van der Waals surface area contributed by atoms with Gasteiger partial charge in [-0.25, -0.2) is 0 Å². The van der Waals surface area contributed by atoms with Crippen LogP contribution >= 0.6 is 23.2 Å². The van der Waals surface area contributed by atoms with Crippen molar-refractivity contribution in [3.8, 4) is 0 Å². The molecule has 1 saturated carbocycles. The maximum Gasteiger partial charge on any atom is 0.0465 e. The Bertz CT molecular complexity index is 352. The van der Waals surface area contributed by atoms with E-state index in [4.69, 9.17) is 23.2 Å². The van der Waals surface area contributed by atoms with E-state index in [0.717, 1.165) is 28.1 Å². The maximum absolute atomic E-state index is 6.15. The Hall–Kier alpha value is -0.240. The van der Waals surface area contributed by atoms with Crippen LogP contribution in [0.1, 0.15) is 38.2 Å². The van der Waals surface area contributed by atoms with Crippen molar-refractivity contribution in [1.82, 2.24) is 5.32 Å². The Balaban J connectivity index is 1.92. The minimum absolute atomic E-state index is 0.546. The van der Waals surface area contributed by atoms with Crippen LogP contribution in [0.2, 0.25) is 10.0 Å². The van der Waals surface area contributed by atoms with Gasteiger partial charge in [-0.2, -0.15) is 0 Å². The van der Waals surface area contributed by atoms with Gasteiger partial charge in [0.25, 0.3) is 0 Å². The standard InChI is InChI=1S/C14H19Cl2N/c1-10(11-5-2-3-6-11)17-9-12-13(15)7-4-8-14(12)16/h4,7-8,10-11,17H,2-3,5-6,9H2,1H3. The van der Waals surface area contributed by atoms with Gasteiger partial charge < -0.3 is 5.32 Å². The maximum atomic E-state index is 6.15. The highest BCUT2D eigenvalue weighted by Gasteiger charge is 2.21. The number of benzene rings is 1.